The number of rotatable bonds is 5. The molecule has 2 amide bonds. The molecule has 1 heterocycles. The van der Waals surface area contributed by atoms with Gasteiger partial charge in [-0.3, -0.25) is 14.3 Å². The van der Waals surface area contributed by atoms with Crippen LogP contribution in [0.15, 0.2) is 48.5 Å². The third kappa shape index (κ3) is 4.67. The molecule has 34 heavy (non-hydrogen) atoms. The molecule has 8 nitrogen and oxygen atoms in total. The van der Waals surface area contributed by atoms with E-state index in [-0.39, 0.29) is 17.1 Å². The minimum Gasteiger partial charge on any atom is -0.353 e. The smallest absolute Gasteiger partial charge is 0.253 e. The average Bonchev–Trinajstić information content (AvgIpc) is 3.64. The molecule has 2 aliphatic carbocycles. The Morgan fingerprint density at radius 1 is 1.00 bits per heavy atom. The summed E-state index contributed by atoms with van der Waals surface area (Å²) >= 11 is 0. The van der Waals surface area contributed by atoms with Gasteiger partial charge in [-0.2, -0.15) is 0 Å². The highest BCUT2D eigenvalue weighted by Gasteiger charge is 2.44. The van der Waals surface area contributed by atoms with Gasteiger partial charge in [-0.1, -0.05) is 24.3 Å². The predicted octanol–water partition coefficient (Wildman–Crippen LogP) is 2.34. The molecule has 2 saturated carbocycles. The number of hydrogen-bond acceptors (Lipinski definition) is 5. The van der Waals surface area contributed by atoms with Gasteiger partial charge < -0.3 is 15.5 Å². The first-order chi connectivity index (χ1) is 16.4. The molecule has 5 rings (SSSR count). The first-order valence-corrected chi connectivity index (χ1v) is 13.5. The summed E-state index contributed by atoms with van der Waals surface area (Å²) in [5.74, 6) is -0.0304. The van der Waals surface area contributed by atoms with Crippen molar-refractivity contribution in [1.29, 1.82) is 0 Å². The van der Waals surface area contributed by atoms with Gasteiger partial charge in [0.1, 0.15) is 0 Å². The van der Waals surface area contributed by atoms with Gasteiger partial charge in [0.15, 0.2) is 0 Å². The minimum absolute atomic E-state index is 0.0408. The molecule has 3 aliphatic rings. The van der Waals surface area contributed by atoms with Gasteiger partial charge in [0.05, 0.1) is 10.8 Å². The number of carbonyl (C=O) groups is 2. The Labute approximate surface area is 200 Å². The summed E-state index contributed by atoms with van der Waals surface area (Å²) in [6, 6.07) is 14.6. The Balaban J connectivity index is 1.26. The van der Waals surface area contributed by atoms with Gasteiger partial charge >= 0.3 is 0 Å². The summed E-state index contributed by atoms with van der Waals surface area (Å²) in [6.07, 6.45) is 4.16. The zero-order valence-electron chi connectivity index (χ0n) is 19.0. The van der Waals surface area contributed by atoms with E-state index >= 15 is 0 Å². The number of sulfonamides is 1. The number of nitrogens with zero attached hydrogens (tertiary/aromatic N) is 1. The summed E-state index contributed by atoms with van der Waals surface area (Å²) in [6.45, 7) is 2.03. The lowest BCUT2D eigenvalue weighted by Gasteiger charge is -2.40. The van der Waals surface area contributed by atoms with E-state index in [0.29, 0.717) is 50.3 Å². The molecule has 9 heteroatoms. The first-order valence-electron chi connectivity index (χ1n) is 11.9. The van der Waals surface area contributed by atoms with E-state index in [1.165, 1.54) is 0 Å². The molecule has 0 atom stereocenters. The second-order valence-electron chi connectivity index (χ2n) is 9.42. The maximum absolute atomic E-state index is 13.1. The van der Waals surface area contributed by atoms with Gasteiger partial charge in [-0.25, -0.2) is 8.42 Å². The lowest BCUT2D eigenvalue weighted by Crippen LogP contribution is -2.61. The van der Waals surface area contributed by atoms with E-state index in [1.54, 1.807) is 23.1 Å². The highest BCUT2D eigenvalue weighted by atomic mass is 32.2. The second-order valence-corrected chi connectivity index (χ2v) is 11.4. The Kier molecular flexibility index (Phi) is 6.07. The zero-order valence-corrected chi connectivity index (χ0v) is 19.9. The molecule has 1 spiro atoms. The monoisotopic (exact) mass is 482 g/mol. The summed E-state index contributed by atoms with van der Waals surface area (Å²) in [5, 5.41) is 6.06. The molecular weight excluding hydrogens is 452 g/mol. The van der Waals surface area contributed by atoms with Crippen LogP contribution in [0.2, 0.25) is 0 Å². The predicted molar refractivity (Wildman–Crippen MR) is 131 cm³/mol. The van der Waals surface area contributed by atoms with Crippen molar-refractivity contribution in [2.75, 3.05) is 30.9 Å². The number of nitrogens with one attached hydrogen (secondary N) is 3. The van der Waals surface area contributed by atoms with Crippen LogP contribution in [0.4, 0.5) is 5.69 Å². The highest BCUT2D eigenvalue weighted by Crippen LogP contribution is 2.32. The van der Waals surface area contributed by atoms with E-state index in [0.717, 1.165) is 30.4 Å². The van der Waals surface area contributed by atoms with Crippen molar-refractivity contribution in [3.63, 3.8) is 0 Å². The van der Waals surface area contributed by atoms with Gasteiger partial charge in [0.25, 0.3) is 5.91 Å². The van der Waals surface area contributed by atoms with Crippen molar-refractivity contribution < 1.29 is 18.0 Å². The minimum atomic E-state index is -3.32. The van der Waals surface area contributed by atoms with E-state index in [2.05, 4.69) is 15.4 Å². The van der Waals surface area contributed by atoms with Gasteiger partial charge in [0, 0.05) is 37.4 Å². The number of hydrogen-bond donors (Lipinski definition) is 3. The molecular formula is C25H30N4O4S. The maximum Gasteiger partial charge on any atom is 0.253 e. The summed E-state index contributed by atoms with van der Waals surface area (Å²) in [4.78, 5) is 27.4. The Morgan fingerprint density at radius 2 is 1.74 bits per heavy atom. The molecule has 0 radical (unpaired) electrons. The van der Waals surface area contributed by atoms with E-state index in [1.807, 2.05) is 30.3 Å². The molecule has 3 fully saturated rings. The van der Waals surface area contributed by atoms with Crippen LogP contribution in [0.5, 0.6) is 0 Å². The Hall–Kier alpha value is -2.91. The average molecular weight is 483 g/mol. The SMILES string of the molecule is O=C(c1ccc(-c2cccc(NS(=O)(=O)C3CC3)c2)cc1)N1CCNC(=O)C2(CCC2)NCC1. The van der Waals surface area contributed by atoms with Crippen LogP contribution in [-0.2, 0) is 14.8 Å². The topological polar surface area (TPSA) is 108 Å². The molecule has 2 aromatic rings. The fourth-order valence-electron chi connectivity index (χ4n) is 4.61. The van der Waals surface area contributed by atoms with Crippen molar-refractivity contribution in [2.24, 2.45) is 0 Å². The van der Waals surface area contributed by atoms with Crippen molar-refractivity contribution in [2.45, 2.75) is 42.9 Å². The van der Waals surface area contributed by atoms with Crippen molar-refractivity contribution >= 4 is 27.5 Å². The summed E-state index contributed by atoms with van der Waals surface area (Å²) in [5.41, 5.74) is 2.44. The van der Waals surface area contributed by atoms with Crippen LogP contribution in [0.3, 0.4) is 0 Å². The standard InChI is InChI=1S/C25H30N4O4S/c30-23(29-15-13-26-24(31)25(11-2-12-25)27-14-16-29)19-7-5-18(6-8-19)20-3-1-4-21(17-20)28-34(32,33)22-9-10-22/h1,3-8,17,22,27-28H,2,9-16H2,(H,26,31). The van der Waals surface area contributed by atoms with Crippen LogP contribution < -0.4 is 15.4 Å². The molecule has 1 aliphatic heterocycles. The highest BCUT2D eigenvalue weighted by molar-refractivity contribution is 7.93. The van der Waals surface area contributed by atoms with Crippen LogP contribution in [0.1, 0.15) is 42.5 Å². The van der Waals surface area contributed by atoms with Crippen LogP contribution in [0.25, 0.3) is 11.1 Å². The summed E-state index contributed by atoms with van der Waals surface area (Å²) in [7, 11) is -3.32. The molecule has 180 valence electrons. The van der Waals surface area contributed by atoms with Crippen molar-refractivity contribution in [3.8, 4) is 11.1 Å². The van der Waals surface area contributed by atoms with Crippen LogP contribution >= 0.6 is 0 Å². The quantitative estimate of drug-likeness (QED) is 0.606. The molecule has 2 aromatic carbocycles. The Bertz CT molecular complexity index is 1190. The van der Waals surface area contributed by atoms with Crippen LogP contribution in [-0.4, -0.2) is 62.1 Å². The molecule has 0 aromatic heterocycles. The second kappa shape index (κ2) is 9.03. The number of anilines is 1. The van der Waals surface area contributed by atoms with Crippen molar-refractivity contribution in [3.05, 3.63) is 54.1 Å². The van der Waals surface area contributed by atoms with Crippen molar-refractivity contribution in [1.82, 2.24) is 15.5 Å². The molecule has 0 unspecified atom stereocenters. The normalized spacial score (nSPS) is 20.5. The van der Waals surface area contributed by atoms with Gasteiger partial charge in [-0.05, 0) is 67.5 Å². The van der Waals surface area contributed by atoms with E-state index in [4.69, 9.17) is 0 Å². The lowest BCUT2D eigenvalue weighted by molar-refractivity contribution is -0.130. The first kappa shape index (κ1) is 22.9. The molecule has 3 N–H and O–H groups in total. The fraction of sp³-hybridized carbons (Fsp3) is 0.440. The zero-order chi connectivity index (χ0) is 23.8. The number of benzene rings is 2. The Morgan fingerprint density at radius 3 is 2.41 bits per heavy atom. The summed E-state index contributed by atoms with van der Waals surface area (Å²) < 4.78 is 27.2. The van der Waals surface area contributed by atoms with E-state index in [9.17, 15) is 18.0 Å². The van der Waals surface area contributed by atoms with Crippen LogP contribution in [0, 0.1) is 0 Å². The fourth-order valence-corrected chi connectivity index (χ4v) is 5.99. The molecule has 1 saturated heterocycles. The largest absolute Gasteiger partial charge is 0.353 e. The third-order valence-electron chi connectivity index (χ3n) is 6.99. The van der Waals surface area contributed by atoms with E-state index < -0.39 is 15.6 Å². The maximum atomic E-state index is 13.1. The molecule has 0 bridgehead atoms. The van der Waals surface area contributed by atoms with Gasteiger partial charge in [-0.15, -0.1) is 0 Å². The lowest BCUT2D eigenvalue weighted by atomic mass is 9.76. The third-order valence-corrected chi connectivity index (χ3v) is 8.86. The number of carbonyl (C=O) groups excluding carboxylic acids is 2. The number of amides is 2. The van der Waals surface area contributed by atoms with Gasteiger partial charge in [0.2, 0.25) is 15.9 Å².